The highest BCUT2D eigenvalue weighted by Gasteiger charge is 2.04. The Bertz CT molecular complexity index is 66.4. The van der Waals surface area contributed by atoms with Crippen molar-refractivity contribution in [2.45, 2.75) is 53.4 Å². The molecule has 0 aliphatic carbocycles. The third-order valence-corrected chi connectivity index (χ3v) is 2.28. The third-order valence-electron chi connectivity index (χ3n) is 2.28. The van der Waals surface area contributed by atoms with E-state index in [0.717, 1.165) is 11.8 Å². The molecule has 10 heavy (non-hydrogen) atoms. The minimum atomic E-state index is 0.932. The van der Waals surface area contributed by atoms with Gasteiger partial charge in [0.05, 0.1) is 0 Å². The molecule has 2 atom stereocenters. The van der Waals surface area contributed by atoms with E-state index in [4.69, 9.17) is 0 Å². The molecule has 0 aromatic carbocycles. The van der Waals surface area contributed by atoms with Crippen LogP contribution < -0.4 is 0 Å². The molecule has 0 nitrogen and oxygen atoms in total. The topological polar surface area (TPSA) is 0 Å². The molecule has 0 aliphatic heterocycles. The number of hydrogen-bond donors (Lipinski definition) is 0. The Morgan fingerprint density at radius 1 is 1.00 bits per heavy atom. The third kappa shape index (κ3) is 4.84. The summed E-state index contributed by atoms with van der Waals surface area (Å²) in [6, 6.07) is 0. The highest BCUT2D eigenvalue weighted by Crippen LogP contribution is 2.18. The maximum absolute atomic E-state index is 2.37. The van der Waals surface area contributed by atoms with Gasteiger partial charge in [0.25, 0.3) is 0 Å². The zero-order valence-corrected chi connectivity index (χ0v) is 7.98. The molecule has 0 saturated carbocycles. The molecule has 0 rings (SSSR count). The van der Waals surface area contributed by atoms with Gasteiger partial charge in [0, 0.05) is 0 Å². The van der Waals surface area contributed by atoms with Gasteiger partial charge in [-0.2, -0.15) is 0 Å². The minimum absolute atomic E-state index is 0.932. The summed E-state index contributed by atoms with van der Waals surface area (Å²) in [6.07, 6.45) is 5.51. The summed E-state index contributed by atoms with van der Waals surface area (Å²) in [6.45, 7) is 9.28. The molecule has 0 aromatic heterocycles. The molecule has 0 fully saturated rings. The van der Waals surface area contributed by atoms with Crippen LogP contribution in [0.15, 0.2) is 0 Å². The van der Waals surface area contributed by atoms with Gasteiger partial charge in [0.15, 0.2) is 0 Å². The predicted molar refractivity (Wildman–Crippen MR) is 48.1 cm³/mol. The Labute approximate surface area is 66.0 Å². The van der Waals surface area contributed by atoms with Gasteiger partial charge < -0.3 is 0 Å². The van der Waals surface area contributed by atoms with Crippen molar-refractivity contribution in [2.75, 3.05) is 0 Å². The van der Waals surface area contributed by atoms with Crippen LogP contribution in [0.3, 0.4) is 0 Å². The zero-order chi connectivity index (χ0) is 7.98. The molecule has 0 aromatic rings. The first-order valence-electron chi connectivity index (χ1n) is 4.70. The quantitative estimate of drug-likeness (QED) is 0.547. The van der Waals surface area contributed by atoms with Gasteiger partial charge in [-0.05, 0) is 18.3 Å². The molecule has 62 valence electrons. The summed E-state index contributed by atoms with van der Waals surface area (Å²) in [5, 5.41) is 0. The molecule has 0 amide bonds. The molecular weight excluding hydrogens is 120 g/mol. The van der Waals surface area contributed by atoms with Crippen LogP contribution in [0.1, 0.15) is 53.4 Å². The smallest absolute Gasteiger partial charge is 0.0440 e. The Kier molecular flexibility index (Phi) is 5.76. The van der Waals surface area contributed by atoms with Crippen molar-refractivity contribution in [3.63, 3.8) is 0 Å². The van der Waals surface area contributed by atoms with Crippen LogP contribution in [0.2, 0.25) is 0 Å². The second-order valence-electron chi connectivity index (χ2n) is 3.64. The van der Waals surface area contributed by atoms with E-state index < -0.39 is 0 Å². The van der Waals surface area contributed by atoms with E-state index in [1.807, 2.05) is 0 Å². The maximum atomic E-state index is 2.37. The van der Waals surface area contributed by atoms with E-state index in [2.05, 4.69) is 27.7 Å². The fourth-order valence-electron chi connectivity index (χ4n) is 1.46. The Balaban J connectivity index is 3.27. The van der Waals surface area contributed by atoms with Crippen molar-refractivity contribution in [3.05, 3.63) is 0 Å². The molecule has 0 heteroatoms. The van der Waals surface area contributed by atoms with Crippen LogP contribution >= 0.6 is 0 Å². The lowest BCUT2D eigenvalue weighted by Crippen LogP contribution is -2.01. The maximum Gasteiger partial charge on any atom is -0.0440 e. The van der Waals surface area contributed by atoms with E-state index in [0.29, 0.717) is 0 Å². The van der Waals surface area contributed by atoms with Gasteiger partial charge in [-0.15, -0.1) is 0 Å². The van der Waals surface area contributed by atoms with Crippen molar-refractivity contribution < 1.29 is 0 Å². The average molecular weight is 142 g/mol. The molecule has 0 spiro atoms. The number of hydrogen-bond acceptors (Lipinski definition) is 0. The van der Waals surface area contributed by atoms with E-state index in [-0.39, 0.29) is 0 Å². The van der Waals surface area contributed by atoms with Crippen molar-refractivity contribution >= 4 is 0 Å². The van der Waals surface area contributed by atoms with Gasteiger partial charge in [0.2, 0.25) is 0 Å². The molecule has 0 N–H and O–H groups in total. The molecule has 0 bridgehead atoms. The highest BCUT2D eigenvalue weighted by atomic mass is 14.1. The van der Waals surface area contributed by atoms with Crippen molar-refractivity contribution in [3.8, 4) is 0 Å². The standard InChI is InChI=1S/C10H22/c1-5-7-10(4)8-9(3)6-2/h9-10H,5-8H2,1-4H3/t9?,10-/m0/s1. The molecular formula is C10H22. The summed E-state index contributed by atoms with van der Waals surface area (Å²) in [5.41, 5.74) is 0. The normalized spacial score (nSPS) is 16.8. The fourth-order valence-corrected chi connectivity index (χ4v) is 1.46. The Hall–Kier alpha value is 0. The summed E-state index contributed by atoms with van der Waals surface area (Å²) < 4.78 is 0. The minimum Gasteiger partial charge on any atom is -0.0654 e. The summed E-state index contributed by atoms with van der Waals surface area (Å²) in [5.74, 6) is 1.88. The number of rotatable bonds is 5. The van der Waals surface area contributed by atoms with E-state index in [1.54, 1.807) is 0 Å². The summed E-state index contributed by atoms with van der Waals surface area (Å²) >= 11 is 0. The second-order valence-corrected chi connectivity index (χ2v) is 3.64. The zero-order valence-electron chi connectivity index (χ0n) is 7.98. The molecule has 0 heterocycles. The van der Waals surface area contributed by atoms with E-state index in [9.17, 15) is 0 Å². The summed E-state index contributed by atoms with van der Waals surface area (Å²) in [4.78, 5) is 0. The van der Waals surface area contributed by atoms with Gasteiger partial charge in [-0.1, -0.05) is 47.0 Å². The fraction of sp³-hybridized carbons (Fsp3) is 1.00. The van der Waals surface area contributed by atoms with Crippen LogP contribution in [-0.4, -0.2) is 0 Å². The average Bonchev–Trinajstić information content (AvgIpc) is 1.88. The van der Waals surface area contributed by atoms with Gasteiger partial charge in [-0.25, -0.2) is 0 Å². The molecule has 0 radical (unpaired) electrons. The summed E-state index contributed by atoms with van der Waals surface area (Å²) in [7, 11) is 0. The molecule has 0 aliphatic rings. The van der Waals surface area contributed by atoms with E-state index in [1.165, 1.54) is 25.7 Å². The highest BCUT2D eigenvalue weighted by molar-refractivity contribution is 4.57. The SMILES string of the molecule is CCC[C@H](C)CC(C)CC. The van der Waals surface area contributed by atoms with Crippen LogP contribution in [0, 0.1) is 11.8 Å². The first-order valence-corrected chi connectivity index (χ1v) is 4.70. The Morgan fingerprint density at radius 3 is 2.00 bits per heavy atom. The first kappa shape index (κ1) is 10.0. The van der Waals surface area contributed by atoms with Crippen LogP contribution in [-0.2, 0) is 0 Å². The Morgan fingerprint density at radius 2 is 1.60 bits per heavy atom. The lowest BCUT2D eigenvalue weighted by molar-refractivity contribution is 0.384. The second kappa shape index (κ2) is 5.76. The monoisotopic (exact) mass is 142 g/mol. The van der Waals surface area contributed by atoms with Crippen LogP contribution in [0.25, 0.3) is 0 Å². The van der Waals surface area contributed by atoms with Crippen LogP contribution in [0.5, 0.6) is 0 Å². The lowest BCUT2D eigenvalue weighted by Gasteiger charge is -2.14. The van der Waals surface area contributed by atoms with Crippen molar-refractivity contribution in [1.29, 1.82) is 0 Å². The predicted octanol–water partition coefficient (Wildman–Crippen LogP) is 3.86. The van der Waals surface area contributed by atoms with Crippen molar-refractivity contribution in [1.82, 2.24) is 0 Å². The largest absolute Gasteiger partial charge is 0.0654 e. The first-order chi connectivity index (χ1) is 4.70. The van der Waals surface area contributed by atoms with E-state index >= 15 is 0 Å². The van der Waals surface area contributed by atoms with Crippen molar-refractivity contribution in [2.24, 2.45) is 11.8 Å². The van der Waals surface area contributed by atoms with Gasteiger partial charge in [-0.3, -0.25) is 0 Å². The molecule has 1 unspecified atom stereocenters. The van der Waals surface area contributed by atoms with Gasteiger partial charge >= 0.3 is 0 Å². The molecule has 0 saturated heterocycles. The lowest BCUT2D eigenvalue weighted by atomic mass is 9.92. The van der Waals surface area contributed by atoms with Gasteiger partial charge in [0.1, 0.15) is 0 Å². The van der Waals surface area contributed by atoms with Crippen LogP contribution in [0.4, 0.5) is 0 Å².